The van der Waals surface area contributed by atoms with Crippen LogP contribution in [0.5, 0.6) is 0 Å². The minimum Gasteiger partial charge on any atom is -0.383 e. The molecule has 1 fully saturated rings. The summed E-state index contributed by atoms with van der Waals surface area (Å²) in [6.07, 6.45) is 4.03. The number of aryl methyl sites for hydroxylation is 1. The molecule has 1 atom stereocenters. The molecule has 5 rings (SSSR count). The largest absolute Gasteiger partial charge is 0.383 e. The molecule has 3 N–H and O–H groups in total. The summed E-state index contributed by atoms with van der Waals surface area (Å²) in [7, 11) is 0. The summed E-state index contributed by atoms with van der Waals surface area (Å²) in [6, 6.07) is 17.9. The number of rotatable bonds is 7. The number of piperidine rings is 1. The Hall–Kier alpha value is -4.29. The van der Waals surface area contributed by atoms with E-state index in [4.69, 9.17) is 16.1 Å². The lowest BCUT2D eigenvalue weighted by Crippen LogP contribution is -2.37. The Kier molecular flexibility index (Phi) is 7.10. The average molecular weight is 495 g/mol. The van der Waals surface area contributed by atoms with E-state index in [0.717, 1.165) is 65.9 Å². The number of nitrogens with zero attached hydrogens (tertiary/aromatic N) is 6. The van der Waals surface area contributed by atoms with E-state index in [0.29, 0.717) is 24.3 Å². The van der Waals surface area contributed by atoms with Crippen LogP contribution in [0.4, 0.5) is 5.82 Å². The first-order valence-corrected chi connectivity index (χ1v) is 12.6. The van der Waals surface area contributed by atoms with Crippen molar-refractivity contribution in [3.63, 3.8) is 0 Å². The van der Waals surface area contributed by atoms with Crippen molar-refractivity contribution >= 4 is 22.8 Å². The van der Waals surface area contributed by atoms with Crippen molar-refractivity contribution in [1.82, 2.24) is 30.0 Å². The molecule has 0 saturated carbocycles. The van der Waals surface area contributed by atoms with Crippen molar-refractivity contribution in [2.24, 2.45) is 0 Å². The molecule has 0 aliphatic carbocycles. The highest BCUT2D eigenvalue weighted by Gasteiger charge is 2.26. The molecule has 188 valence electrons. The van der Waals surface area contributed by atoms with Crippen LogP contribution in [0, 0.1) is 18.3 Å². The van der Waals surface area contributed by atoms with Gasteiger partial charge in [-0.25, -0.2) is 14.6 Å². The molecule has 4 aromatic rings. The van der Waals surface area contributed by atoms with Gasteiger partial charge in [-0.3, -0.25) is 4.79 Å². The second-order valence-corrected chi connectivity index (χ2v) is 9.45. The quantitative estimate of drug-likeness (QED) is 0.399. The minimum atomic E-state index is -0.0897. The number of nitriles is 1. The van der Waals surface area contributed by atoms with Gasteiger partial charge in [0, 0.05) is 37.2 Å². The number of aromatic nitrogens is 4. The van der Waals surface area contributed by atoms with Crippen molar-refractivity contribution in [1.29, 1.82) is 5.26 Å². The van der Waals surface area contributed by atoms with Crippen LogP contribution in [0.25, 0.3) is 22.3 Å². The summed E-state index contributed by atoms with van der Waals surface area (Å²) in [5.74, 6) is 0.311. The van der Waals surface area contributed by atoms with E-state index in [1.54, 1.807) is 0 Å². The molecule has 9 nitrogen and oxygen atoms in total. The molecule has 0 bridgehead atoms. The zero-order valence-corrected chi connectivity index (χ0v) is 20.9. The normalized spacial score (nSPS) is 15.9. The Bertz CT molecular complexity index is 1450. The summed E-state index contributed by atoms with van der Waals surface area (Å²) < 4.78 is 1.98. The van der Waals surface area contributed by atoms with E-state index in [-0.39, 0.29) is 11.9 Å². The number of amides is 1. The number of anilines is 1. The van der Waals surface area contributed by atoms with E-state index >= 15 is 0 Å². The molecule has 1 saturated heterocycles. The topological polar surface area (TPSA) is 126 Å². The smallest absolute Gasteiger partial charge is 0.251 e. The maximum atomic E-state index is 12.6. The molecule has 9 heteroatoms. The van der Waals surface area contributed by atoms with Crippen molar-refractivity contribution in [3.8, 4) is 17.3 Å². The van der Waals surface area contributed by atoms with Gasteiger partial charge >= 0.3 is 0 Å². The number of hydrogen-bond acceptors (Lipinski definition) is 7. The van der Waals surface area contributed by atoms with Gasteiger partial charge in [-0.2, -0.15) is 10.4 Å². The van der Waals surface area contributed by atoms with E-state index in [9.17, 15) is 4.79 Å². The molecule has 0 spiro atoms. The Morgan fingerprint density at radius 1 is 1.19 bits per heavy atom. The molecule has 1 aliphatic rings. The number of carbonyl (C=O) groups excluding carboxylic acids is 1. The third-order valence-corrected chi connectivity index (χ3v) is 6.95. The predicted octanol–water partition coefficient (Wildman–Crippen LogP) is 3.86. The van der Waals surface area contributed by atoms with Crippen molar-refractivity contribution in [3.05, 3.63) is 71.5 Å². The fraction of sp³-hybridized carbons (Fsp3) is 0.321. The second-order valence-electron chi connectivity index (χ2n) is 9.45. The second kappa shape index (κ2) is 10.8. The van der Waals surface area contributed by atoms with Crippen LogP contribution in [-0.4, -0.2) is 50.2 Å². The molecule has 1 amide bonds. The molecular formula is C28H30N8O. The van der Waals surface area contributed by atoms with Crippen LogP contribution in [0.1, 0.15) is 46.8 Å². The molecule has 2 aromatic carbocycles. The van der Waals surface area contributed by atoms with E-state index in [1.165, 1.54) is 6.33 Å². The van der Waals surface area contributed by atoms with Gasteiger partial charge in [-0.05, 0) is 43.5 Å². The van der Waals surface area contributed by atoms with Crippen molar-refractivity contribution < 1.29 is 4.79 Å². The summed E-state index contributed by atoms with van der Waals surface area (Å²) in [4.78, 5) is 23.7. The number of nitrogen functional groups attached to an aromatic ring is 1. The van der Waals surface area contributed by atoms with Gasteiger partial charge in [-0.15, -0.1) is 0 Å². The fourth-order valence-corrected chi connectivity index (χ4v) is 4.98. The Labute approximate surface area is 215 Å². The maximum absolute atomic E-state index is 12.6. The van der Waals surface area contributed by atoms with E-state index in [1.807, 2.05) is 60.1 Å². The van der Waals surface area contributed by atoms with Gasteiger partial charge in [0.05, 0.1) is 17.5 Å². The summed E-state index contributed by atoms with van der Waals surface area (Å²) in [5.41, 5.74) is 11.3. The lowest BCUT2D eigenvalue weighted by Gasteiger charge is -2.32. The van der Waals surface area contributed by atoms with Crippen molar-refractivity contribution in [2.75, 3.05) is 25.4 Å². The Morgan fingerprint density at radius 2 is 2.00 bits per heavy atom. The number of hydrogen-bond donors (Lipinski definition) is 2. The SMILES string of the molecule is Cc1ccccc1C(=O)NCc1ccc(-c2nn(C3CCCN(CCC#N)C3)c3ncnc(N)c23)cc1. The standard InChI is InChI=1S/C28H30N8O/c1-19-6-2-3-8-23(19)28(37)31-16-20-9-11-21(12-10-20)25-24-26(30)32-18-33-27(24)36(34-25)22-7-4-14-35(17-22)15-5-13-29/h2-3,6,8-12,18,22H,4-5,7,14-17H2,1H3,(H,31,37)(H2,30,32,33). The van der Waals surface area contributed by atoms with Gasteiger partial charge in [0.15, 0.2) is 5.65 Å². The van der Waals surface area contributed by atoms with Gasteiger partial charge in [0.25, 0.3) is 5.91 Å². The lowest BCUT2D eigenvalue weighted by atomic mass is 10.1. The fourth-order valence-electron chi connectivity index (χ4n) is 4.98. The first kappa shape index (κ1) is 24.4. The molecule has 1 aliphatic heterocycles. The summed E-state index contributed by atoms with van der Waals surface area (Å²) in [6.45, 7) is 4.93. The number of carbonyl (C=O) groups is 1. The summed E-state index contributed by atoms with van der Waals surface area (Å²) in [5, 5.41) is 17.7. The molecule has 2 aromatic heterocycles. The maximum Gasteiger partial charge on any atom is 0.251 e. The van der Waals surface area contributed by atoms with Gasteiger partial charge in [0.2, 0.25) is 0 Å². The number of likely N-dealkylation sites (tertiary alicyclic amines) is 1. The van der Waals surface area contributed by atoms with Crippen LogP contribution in [0.15, 0.2) is 54.9 Å². The predicted molar refractivity (Wildman–Crippen MR) is 142 cm³/mol. The molecule has 0 radical (unpaired) electrons. The lowest BCUT2D eigenvalue weighted by molar-refractivity contribution is 0.0950. The summed E-state index contributed by atoms with van der Waals surface area (Å²) >= 11 is 0. The van der Waals surface area contributed by atoms with Gasteiger partial charge in [0.1, 0.15) is 17.8 Å². The first-order chi connectivity index (χ1) is 18.0. The molecule has 1 unspecified atom stereocenters. The van der Waals surface area contributed by atoms with Crippen LogP contribution in [0.2, 0.25) is 0 Å². The third kappa shape index (κ3) is 5.15. The van der Waals surface area contributed by atoms with Crippen LogP contribution in [-0.2, 0) is 6.54 Å². The first-order valence-electron chi connectivity index (χ1n) is 12.6. The van der Waals surface area contributed by atoms with Crippen LogP contribution < -0.4 is 11.1 Å². The monoisotopic (exact) mass is 494 g/mol. The third-order valence-electron chi connectivity index (χ3n) is 6.95. The Balaban J connectivity index is 1.38. The number of benzene rings is 2. The zero-order valence-electron chi connectivity index (χ0n) is 20.9. The molecule has 37 heavy (non-hydrogen) atoms. The van der Waals surface area contributed by atoms with Gasteiger partial charge < -0.3 is 16.0 Å². The zero-order chi connectivity index (χ0) is 25.8. The highest BCUT2D eigenvalue weighted by molar-refractivity contribution is 5.98. The van der Waals surface area contributed by atoms with E-state index < -0.39 is 0 Å². The van der Waals surface area contributed by atoms with Crippen molar-refractivity contribution in [2.45, 2.75) is 38.8 Å². The number of nitrogens with two attached hydrogens (primary N) is 1. The highest BCUT2D eigenvalue weighted by Crippen LogP contribution is 2.33. The number of fused-ring (bicyclic) bond motifs is 1. The number of nitrogens with one attached hydrogen (secondary N) is 1. The van der Waals surface area contributed by atoms with Crippen LogP contribution in [0.3, 0.4) is 0 Å². The molecule has 3 heterocycles. The average Bonchev–Trinajstić information content (AvgIpc) is 3.32. The minimum absolute atomic E-state index is 0.0897. The molecular weight excluding hydrogens is 464 g/mol. The van der Waals surface area contributed by atoms with Crippen LogP contribution >= 0.6 is 0 Å². The van der Waals surface area contributed by atoms with E-state index in [2.05, 4.69) is 26.3 Å². The Morgan fingerprint density at radius 3 is 2.78 bits per heavy atom. The highest BCUT2D eigenvalue weighted by atomic mass is 16.1. The van der Waals surface area contributed by atoms with Gasteiger partial charge in [-0.1, -0.05) is 42.5 Å².